The smallest absolute Gasteiger partial charge is 0.257 e. The van der Waals surface area contributed by atoms with Gasteiger partial charge in [-0.3, -0.25) is 9.69 Å². The first kappa shape index (κ1) is 48.1. The lowest BCUT2D eigenvalue weighted by Crippen LogP contribution is -2.38. The molecule has 1 aliphatic heterocycles. The van der Waals surface area contributed by atoms with E-state index in [2.05, 4.69) is 102 Å². The summed E-state index contributed by atoms with van der Waals surface area (Å²) >= 11 is 1.63. The molecule has 0 saturated carbocycles. The summed E-state index contributed by atoms with van der Waals surface area (Å²) in [6.45, 7) is 14.3. The highest BCUT2D eigenvalue weighted by atomic mass is 32.1. The average Bonchev–Trinajstić information content (AvgIpc) is 4.17. The van der Waals surface area contributed by atoms with Crippen molar-refractivity contribution in [3.05, 3.63) is 118 Å². The van der Waals surface area contributed by atoms with Crippen molar-refractivity contribution >= 4 is 50.1 Å². The first-order valence-corrected chi connectivity index (χ1v) is 25.8. The predicted octanol–water partition coefficient (Wildman–Crippen LogP) is 10.8. The Kier molecular flexibility index (Phi) is 16.1. The molecule has 0 unspecified atom stereocenters. The fourth-order valence-corrected chi connectivity index (χ4v) is 10.4. The number of ether oxygens (including phenoxy) is 2. The Morgan fingerprint density at radius 2 is 1.58 bits per heavy atom. The Morgan fingerprint density at radius 1 is 0.797 bits per heavy atom. The SMILES string of the molecule is CCn1c2ccc(CNCCCCCCCCCNC(=O)COc3ccc(CCc4nc5cc(-c6c(C)noc6C)ccc5n4CCN4CCOCC4)cc3F)cc2c2ccc(-c3cscn3)cc21. The largest absolute Gasteiger partial charge is 0.481 e. The Bertz CT molecular complexity index is 2950. The molecule has 362 valence electrons. The van der Waals surface area contributed by atoms with Crippen LogP contribution in [0.5, 0.6) is 5.75 Å². The zero-order valence-electron chi connectivity index (χ0n) is 40.3. The Balaban J connectivity index is 0.654. The van der Waals surface area contributed by atoms with E-state index in [1.165, 1.54) is 52.7 Å². The number of halogens is 1. The summed E-state index contributed by atoms with van der Waals surface area (Å²) in [7, 11) is 0. The number of aromatic nitrogens is 5. The molecule has 4 aromatic heterocycles. The second kappa shape index (κ2) is 23.1. The number of unbranched alkanes of at least 4 members (excludes halogenated alkanes) is 6. The first-order chi connectivity index (χ1) is 33.8. The molecule has 69 heavy (non-hydrogen) atoms. The summed E-state index contributed by atoms with van der Waals surface area (Å²) < 4.78 is 36.6. The van der Waals surface area contributed by atoms with E-state index >= 15 is 4.39 Å². The number of benzene rings is 4. The lowest BCUT2D eigenvalue weighted by atomic mass is 10.0. The number of rotatable bonds is 24. The molecular weight excluding hydrogens is 888 g/mol. The summed E-state index contributed by atoms with van der Waals surface area (Å²) in [6.07, 6.45) is 9.12. The van der Waals surface area contributed by atoms with Gasteiger partial charge in [0.15, 0.2) is 18.2 Å². The molecule has 2 N–H and O–H groups in total. The second-order valence-electron chi connectivity index (χ2n) is 18.3. The third-order valence-electron chi connectivity index (χ3n) is 13.5. The molecule has 9 rings (SSSR count). The molecule has 12 nitrogen and oxygen atoms in total. The van der Waals surface area contributed by atoms with E-state index in [4.69, 9.17) is 19.0 Å². The third kappa shape index (κ3) is 11.7. The van der Waals surface area contributed by atoms with Crippen LogP contribution in [0.1, 0.15) is 80.3 Å². The molecular formula is C55H65FN8O4S. The number of nitrogens with zero attached hydrogens (tertiary/aromatic N) is 6. The Hall–Kier alpha value is -5.93. The van der Waals surface area contributed by atoms with Gasteiger partial charge in [-0.25, -0.2) is 14.4 Å². The number of fused-ring (bicyclic) bond motifs is 4. The highest BCUT2D eigenvalue weighted by Crippen LogP contribution is 2.34. The van der Waals surface area contributed by atoms with Crippen LogP contribution >= 0.6 is 11.3 Å². The van der Waals surface area contributed by atoms with Gasteiger partial charge in [0, 0.05) is 90.5 Å². The number of hydrogen-bond acceptors (Lipinski definition) is 10. The third-order valence-corrected chi connectivity index (χ3v) is 14.1. The van der Waals surface area contributed by atoms with E-state index in [-0.39, 0.29) is 18.3 Å². The minimum atomic E-state index is -0.475. The quantitative estimate of drug-likeness (QED) is 0.0570. The molecule has 1 amide bonds. The van der Waals surface area contributed by atoms with Gasteiger partial charge < -0.3 is 33.8 Å². The summed E-state index contributed by atoms with van der Waals surface area (Å²) in [5, 5.41) is 15.4. The van der Waals surface area contributed by atoms with Crippen molar-refractivity contribution in [3.8, 4) is 28.1 Å². The predicted molar refractivity (Wildman–Crippen MR) is 275 cm³/mol. The molecule has 5 heterocycles. The van der Waals surface area contributed by atoms with E-state index in [1.54, 1.807) is 17.4 Å². The minimum absolute atomic E-state index is 0.0774. The van der Waals surface area contributed by atoms with Crippen molar-refractivity contribution in [3.63, 3.8) is 0 Å². The van der Waals surface area contributed by atoms with Crippen molar-refractivity contribution in [1.82, 2.24) is 39.8 Å². The van der Waals surface area contributed by atoms with Crippen molar-refractivity contribution in [2.24, 2.45) is 0 Å². The molecule has 0 spiro atoms. The van der Waals surface area contributed by atoms with Gasteiger partial charge in [-0.2, -0.15) is 0 Å². The number of amides is 1. The van der Waals surface area contributed by atoms with Crippen LogP contribution in [0.2, 0.25) is 0 Å². The van der Waals surface area contributed by atoms with E-state index in [9.17, 15) is 4.79 Å². The number of carbonyl (C=O) groups excluding carboxylic acids is 1. The van der Waals surface area contributed by atoms with Crippen LogP contribution in [0.4, 0.5) is 4.39 Å². The lowest BCUT2D eigenvalue weighted by molar-refractivity contribution is -0.123. The Morgan fingerprint density at radius 3 is 2.35 bits per heavy atom. The van der Waals surface area contributed by atoms with E-state index < -0.39 is 5.82 Å². The molecule has 1 aliphatic rings. The fourth-order valence-electron chi connectivity index (χ4n) is 9.84. The summed E-state index contributed by atoms with van der Waals surface area (Å²) in [5.74, 6) is 1.10. The van der Waals surface area contributed by atoms with E-state index in [0.717, 1.165) is 141 Å². The second-order valence-corrected chi connectivity index (χ2v) is 19.0. The van der Waals surface area contributed by atoms with Crippen molar-refractivity contribution < 1.29 is 23.2 Å². The molecule has 1 fully saturated rings. The number of thiazole rings is 1. The standard InChI is InChI=1S/C55H65FN8O4S/c1-4-63-49-18-12-41(30-45(49)44-17-15-42(33-51(44)63)48-36-69-37-59-48)34-57-22-10-8-6-5-7-9-11-23-58-54(65)35-67-52-20-13-40(31-46(52)56)14-21-53-60-47-32-43(55-38(2)61-68-39(55)3)16-19-50(47)64(53)25-24-62-26-28-66-29-27-62/h12-13,15-20,30-33,36-37,57H,4-11,14,21-29,34-35H2,1-3H3,(H,58,65). The highest BCUT2D eigenvalue weighted by molar-refractivity contribution is 7.07. The molecule has 4 aromatic carbocycles. The van der Waals surface area contributed by atoms with Gasteiger partial charge in [0.1, 0.15) is 11.6 Å². The highest BCUT2D eigenvalue weighted by Gasteiger charge is 2.19. The summed E-state index contributed by atoms with van der Waals surface area (Å²) in [6, 6.07) is 24.9. The van der Waals surface area contributed by atoms with Crippen LogP contribution in [0, 0.1) is 19.7 Å². The van der Waals surface area contributed by atoms with Gasteiger partial charge in [-0.1, -0.05) is 67.6 Å². The molecule has 0 bridgehead atoms. The molecule has 0 aliphatic carbocycles. The van der Waals surface area contributed by atoms with Crippen LogP contribution in [-0.2, 0) is 42.0 Å². The van der Waals surface area contributed by atoms with Gasteiger partial charge in [0.25, 0.3) is 5.91 Å². The summed E-state index contributed by atoms with van der Waals surface area (Å²) in [5.41, 5.74) is 13.6. The van der Waals surface area contributed by atoms with Gasteiger partial charge >= 0.3 is 0 Å². The topological polar surface area (TPSA) is 125 Å². The lowest BCUT2D eigenvalue weighted by Gasteiger charge is -2.27. The number of imidazole rings is 1. The van der Waals surface area contributed by atoms with Gasteiger partial charge in [0.2, 0.25) is 0 Å². The molecule has 0 radical (unpaired) electrons. The van der Waals surface area contributed by atoms with Crippen LogP contribution in [0.15, 0.2) is 88.2 Å². The van der Waals surface area contributed by atoms with Crippen LogP contribution in [0.3, 0.4) is 0 Å². The molecule has 8 aromatic rings. The number of hydrogen-bond donors (Lipinski definition) is 2. The zero-order valence-corrected chi connectivity index (χ0v) is 41.1. The van der Waals surface area contributed by atoms with Crippen LogP contribution in [-0.4, -0.2) is 87.6 Å². The number of morpholine rings is 1. The molecule has 0 atom stereocenters. The maximum absolute atomic E-state index is 15.3. The number of aryl methyl sites for hydroxylation is 5. The van der Waals surface area contributed by atoms with E-state index in [1.807, 2.05) is 25.4 Å². The minimum Gasteiger partial charge on any atom is -0.481 e. The normalized spacial score (nSPS) is 13.3. The average molecular weight is 953 g/mol. The van der Waals surface area contributed by atoms with Crippen molar-refractivity contribution in [1.29, 1.82) is 0 Å². The fraction of sp³-hybridized carbons (Fsp3) is 0.418. The first-order valence-electron chi connectivity index (χ1n) is 24.9. The maximum Gasteiger partial charge on any atom is 0.257 e. The van der Waals surface area contributed by atoms with E-state index in [0.29, 0.717) is 19.4 Å². The number of carbonyl (C=O) groups is 1. The van der Waals surface area contributed by atoms with Gasteiger partial charge in [0.05, 0.1) is 41.1 Å². The zero-order chi connectivity index (χ0) is 47.5. The maximum atomic E-state index is 15.3. The number of nitrogens with one attached hydrogen (secondary N) is 2. The van der Waals surface area contributed by atoms with Gasteiger partial charge in [-0.15, -0.1) is 11.3 Å². The van der Waals surface area contributed by atoms with Crippen LogP contribution < -0.4 is 15.4 Å². The van der Waals surface area contributed by atoms with Crippen molar-refractivity contribution in [2.75, 3.05) is 52.5 Å². The molecule has 1 saturated heterocycles. The van der Waals surface area contributed by atoms with Crippen LogP contribution in [0.25, 0.3) is 55.2 Å². The Labute approximate surface area is 408 Å². The van der Waals surface area contributed by atoms with Crippen molar-refractivity contribution in [2.45, 2.75) is 98.2 Å². The van der Waals surface area contributed by atoms with Gasteiger partial charge in [-0.05, 0) is 106 Å². The monoisotopic (exact) mass is 952 g/mol. The summed E-state index contributed by atoms with van der Waals surface area (Å²) in [4.78, 5) is 24.6. The molecule has 14 heteroatoms.